The molecule has 1 N–H and O–H groups in total. The molecule has 0 spiro atoms. The lowest BCUT2D eigenvalue weighted by Gasteiger charge is -2.26. The lowest BCUT2D eigenvalue weighted by molar-refractivity contribution is -0.572. The number of hydrogen-bond donors (Lipinski definition) is 1. The number of nitrogens with zero attached hydrogens (tertiary/aromatic N) is 2. The standard InChI is InChI=1S/C21H24N2O8/c24-18-17-15(30-20(18)23(26)27)11-14(29-10-7-22-5-8-28-9-6-22)16-12-3-1-2-4-13(12)21(25)31-19(16)17/h11,18,20,24H,1-10H2/t18-,20-/m0/s1. The summed E-state index contributed by atoms with van der Waals surface area (Å²) in [4.78, 5) is 25.5. The number of morpholine rings is 1. The van der Waals surface area contributed by atoms with Crippen molar-refractivity contribution in [2.75, 3.05) is 39.5 Å². The summed E-state index contributed by atoms with van der Waals surface area (Å²) in [6.45, 7) is 4.13. The van der Waals surface area contributed by atoms with E-state index in [-0.39, 0.29) is 16.9 Å². The van der Waals surface area contributed by atoms with Crippen LogP contribution in [0.25, 0.3) is 11.0 Å². The van der Waals surface area contributed by atoms with Crippen molar-refractivity contribution in [1.29, 1.82) is 0 Å². The van der Waals surface area contributed by atoms with Crippen LogP contribution in [-0.4, -0.2) is 60.6 Å². The number of fused-ring (bicyclic) bond motifs is 5. The fourth-order valence-electron chi connectivity index (χ4n) is 4.68. The second kappa shape index (κ2) is 8.10. The first-order valence-electron chi connectivity index (χ1n) is 10.6. The Bertz CT molecular complexity index is 1080. The fraction of sp³-hybridized carbons (Fsp3) is 0.571. The van der Waals surface area contributed by atoms with E-state index in [9.17, 15) is 20.0 Å². The first-order valence-corrected chi connectivity index (χ1v) is 10.6. The highest BCUT2D eigenvalue weighted by Crippen LogP contribution is 2.47. The number of nitro groups is 1. The summed E-state index contributed by atoms with van der Waals surface area (Å²) in [5.74, 6) is 0.571. The zero-order valence-corrected chi connectivity index (χ0v) is 17.0. The number of aryl methyl sites for hydroxylation is 1. The summed E-state index contributed by atoms with van der Waals surface area (Å²) < 4.78 is 22.5. The second-order valence-corrected chi connectivity index (χ2v) is 8.09. The molecule has 3 aliphatic rings. The van der Waals surface area contributed by atoms with Crippen LogP contribution in [0, 0.1) is 10.1 Å². The minimum absolute atomic E-state index is 0.113. The molecule has 31 heavy (non-hydrogen) atoms. The lowest BCUT2D eigenvalue weighted by Crippen LogP contribution is -2.38. The van der Waals surface area contributed by atoms with Crippen molar-refractivity contribution in [3.63, 3.8) is 0 Å². The first-order chi connectivity index (χ1) is 15.0. The topological polar surface area (TPSA) is 125 Å². The molecule has 2 aliphatic heterocycles. The molecule has 3 heterocycles. The molecule has 2 atom stereocenters. The fourth-order valence-corrected chi connectivity index (χ4v) is 4.68. The lowest BCUT2D eigenvalue weighted by atomic mass is 9.89. The number of hydrogen-bond acceptors (Lipinski definition) is 9. The Hall–Kier alpha value is -2.69. The van der Waals surface area contributed by atoms with Gasteiger partial charge in [-0.05, 0) is 31.2 Å². The van der Waals surface area contributed by atoms with E-state index in [1.807, 2.05) is 0 Å². The number of rotatable bonds is 5. The highest BCUT2D eigenvalue weighted by Gasteiger charge is 2.45. The summed E-state index contributed by atoms with van der Waals surface area (Å²) in [5, 5.41) is 22.5. The van der Waals surface area contributed by atoms with Crippen molar-refractivity contribution in [3.8, 4) is 11.5 Å². The van der Waals surface area contributed by atoms with Gasteiger partial charge in [0.25, 0.3) is 0 Å². The molecule has 1 aliphatic carbocycles. The largest absolute Gasteiger partial charge is 0.491 e. The van der Waals surface area contributed by atoms with Crippen molar-refractivity contribution in [3.05, 3.63) is 43.3 Å². The van der Waals surface area contributed by atoms with Gasteiger partial charge in [0.15, 0.2) is 11.7 Å². The van der Waals surface area contributed by atoms with Crippen molar-refractivity contribution < 1.29 is 28.7 Å². The van der Waals surface area contributed by atoms with Gasteiger partial charge in [-0.1, -0.05) is 0 Å². The number of aliphatic hydroxyl groups is 1. The molecule has 0 unspecified atom stereocenters. The van der Waals surface area contributed by atoms with Crippen LogP contribution in [-0.2, 0) is 17.6 Å². The van der Waals surface area contributed by atoms with Crippen LogP contribution in [0.5, 0.6) is 11.5 Å². The summed E-state index contributed by atoms with van der Waals surface area (Å²) in [7, 11) is 0. The minimum Gasteiger partial charge on any atom is -0.491 e. The van der Waals surface area contributed by atoms with E-state index < -0.39 is 22.9 Å². The first kappa shape index (κ1) is 20.2. The van der Waals surface area contributed by atoms with Crippen molar-refractivity contribution >= 4 is 11.0 Å². The molecule has 0 amide bonds. The molecule has 1 saturated heterocycles. The van der Waals surface area contributed by atoms with Gasteiger partial charge in [-0.25, -0.2) is 4.79 Å². The maximum Gasteiger partial charge on any atom is 0.384 e. The quantitative estimate of drug-likeness (QED) is 0.424. The predicted octanol–water partition coefficient (Wildman–Crippen LogP) is 1.41. The number of benzene rings is 1. The molecule has 10 heteroatoms. The molecule has 0 radical (unpaired) electrons. The van der Waals surface area contributed by atoms with Gasteiger partial charge < -0.3 is 23.7 Å². The molecule has 5 rings (SSSR count). The van der Waals surface area contributed by atoms with Crippen LogP contribution in [0.1, 0.15) is 35.6 Å². The van der Waals surface area contributed by atoms with Crippen LogP contribution in [0.4, 0.5) is 0 Å². The third-order valence-electron chi connectivity index (χ3n) is 6.25. The van der Waals surface area contributed by atoms with Gasteiger partial charge >= 0.3 is 11.9 Å². The molecule has 1 fully saturated rings. The Morgan fingerprint density at radius 1 is 1.23 bits per heavy atom. The van der Waals surface area contributed by atoms with E-state index in [4.69, 9.17) is 18.6 Å². The predicted molar refractivity (Wildman–Crippen MR) is 108 cm³/mol. The van der Waals surface area contributed by atoms with Crippen LogP contribution in [0.15, 0.2) is 15.3 Å². The van der Waals surface area contributed by atoms with Crippen molar-refractivity contribution in [2.45, 2.75) is 38.0 Å². The Balaban J connectivity index is 1.58. The van der Waals surface area contributed by atoms with E-state index in [2.05, 4.69) is 4.90 Å². The van der Waals surface area contributed by atoms with Crippen LogP contribution < -0.4 is 15.1 Å². The average molecular weight is 432 g/mol. The van der Waals surface area contributed by atoms with Gasteiger partial charge in [-0.3, -0.25) is 15.0 Å². The molecule has 166 valence electrons. The van der Waals surface area contributed by atoms with E-state index >= 15 is 0 Å². The van der Waals surface area contributed by atoms with Crippen LogP contribution in [0.2, 0.25) is 0 Å². The highest BCUT2D eigenvalue weighted by atomic mass is 16.7. The molecular formula is C21H24N2O8. The van der Waals surface area contributed by atoms with E-state index in [1.54, 1.807) is 6.07 Å². The zero-order valence-electron chi connectivity index (χ0n) is 17.0. The number of ether oxygens (including phenoxy) is 3. The van der Waals surface area contributed by atoms with Gasteiger partial charge in [-0.15, -0.1) is 0 Å². The summed E-state index contributed by atoms with van der Waals surface area (Å²) in [6, 6.07) is 1.58. The van der Waals surface area contributed by atoms with Crippen LogP contribution >= 0.6 is 0 Å². The van der Waals surface area contributed by atoms with Gasteiger partial charge in [0.2, 0.25) is 0 Å². The maximum absolute atomic E-state index is 12.6. The van der Waals surface area contributed by atoms with Crippen LogP contribution in [0.3, 0.4) is 0 Å². The van der Waals surface area contributed by atoms with Gasteiger partial charge in [-0.2, -0.15) is 0 Å². The molecule has 10 nitrogen and oxygen atoms in total. The molecular weight excluding hydrogens is 408 g/mol. The zero-order chi connectivity index (χ0) is 21.5. The average Bonchev–Trinajstić information content (AvgIpc) is 3.11. The van der Waals surface area contributed by atoms with E-state index in [0.29, 0.717) is 55.9 Å². The molecule has 2 aromatic rings. The molecule has 0 saturated carbocycles. The van der Waals surface area contributed by atoms with Gasteiger partial charge in [0.1, 0.15) is 18.1 Å². The number of aliphatic hydroxyl groups excluding tert-OH is 1. The van der Waals surface area contributed by atoms with E-state index in [1.165, 1.54) is 0 Å². The minimum atomic E-state index is -1.65. The summed E-state index contributed by atoms with van der Waals surface area (Å²) in [5.41, 5.74) is 1.27. The summed E-state index contributed by atoms with van der Waals surface area (Å²) >= 11 is 0. The molecule has 0 bridgehead atoms. The molecule has 1 aromatic heterocycles. The Labute approximate surface area is 177 Å². The normalized spacial score (nSPS) is 23.3. The maximum atomic E-state index is 12.6. The second-order valence-electron chi connectivity index (χ2n) is 8.09. The Kier molecular flexibility index (Phi) is 5.28. The van der Waals surface area contributed by atoms with Crippen molar-refractivity contribution in [1.82, 2.24) is 4.90 Å². The van der Waals surface area contributed by atoms with E-state index in [0.717, 1.165) is 31.5 Å². The monoisotopic (exact) mass is 432 g/mol. The third kappa shape index (κ3) is 3.54. The Morgan fingerprint density at radius 2 is 1.97 bits per heavy atom. The van der Waals surface area contributed by atoms with Gasteiger partial charge in [0, 0.05) is 31.3 Å². The van der Waals surface area contributed by atoms with Gasteiger partial charge in [0.05, 0.1) is 29.1 Å². The smallest absolute Gasteiger partial charge is 0.384 e. The molecule has 1 aromatic carbocycles. The Morgan fingerprint density at radius 3 is 2.71 bits per heavy atom. The SMILES string of the molecule is O=c1oc2c3c(cc(OCCN4CCOCC4)c2c2c1CCCC2)O[C@H]([N+](=O)[O-])[C@H]3O. The third-order valence-corrected chi connectivity index (χ3v) is 6.25. The van der Waals surface area contributed by atoms with Crippen molar-refractivity contribution in [2.24, 2.45) is 0 Å². The summed E-state index contributed by atoms with van der Waals surface area (Å²) in [6.07, 6.45) is -0.0498. The highest BCUT2D eigenvalue weighted by molar-refractivity contribution is 5.93.